The van der Waals surface area contributed by atoms with Gasteiger partial charge in [-0.25, -0.2) is 0 Å². The Morgan fingerprint density at radius 3 is 2.64 bits per heavy atom. The fourth-order valence-electron chi connectivity index (χ4n) is 2.73. The van der Waals surface area contributed by atoms with Gasteiger partial charge < -0.3 is 5.32 Å². The number of aryl methyl sites for hydroxylation is 3. The van der Waals surface area contributed by atoms with Gasteiger partial charge in [-0.2, -0.15) is 5.10 Å². The van der Waals surface area contributed by atoms with Crippen LogP contribution in [0.2, 0.25) is 0 Å². The zero-order valence-corrected chi connectivity index (χ0v) is 14.5. The van der Waals surface area contributed by atoms with Gasteiger partial charge in [0, 0.05) is 25.9 Å². The summed E-state index contributed by atoms with van der Waals surface area (Å²) in [6.07, 6.45) is 6.56. The van der Waals surface area contributed by atoms with Crippen LogP contribution in [0.4, 0.5) is 0 Å². The van der Waals surface area contributed by atoms with Crippen molar-refractivity contribution < 1.29 is 4.79 Å². The number of nitrogens with one attached hydrogen (secondary N) is 1. The van der Waals surface area contributed by atoms with Crippen molar-refractivity contribution in [3.05, 3.63) is 83.4 Å². The molecule has 2 heterocycles. The first kappa shape index (κ1) is 16.9. The minimum absolute atomic E-state index is 0.0000751. The molecular formula is C20H22N4O. The van der Waals surface area contributed by atoms with Gasteiger partial charge in [0.25, 0.3) is 0 Å². The Bertz CT molecular complexity index is 824. The molecule has 0 fully saturated rings. The number of aromatic nitrogens is 3. The van der Waals surface area contributed by atoms with Crippen LogP contribution < -0.4 is 5.32 Å². The first-order chi connectivity index (χ1) is 12.1. The molecule has 128 valence electrons. The van der Waals surface area contributed by atoms with Gasteiger partial charge in [-0.1, -0.05) is 35.9 Å². The van der Waals surface area contributed by atoms with Crippen LogP contribution in [0.25, 0.3) is 0 Å². The normalized spacial score (nSPS) is 11.9. The zero-order chi connectivity index (χ0) is 17.6. The van der Waals surface area contributed by atoms with E-state index >= 15 is 0 Å². The number of pyridine rings is 1. The van der Waals surface area contributed by atoms with E-state index in [1.54, 1.807) is 17.1 Å². The van der Waals surface area contributed by atoms with Crippen molar-refractivity contribution in [2.75, 3.05) is 0 Å². The summed E-state index contributed by atoms with van der Waals surface area (Å²) in [5.74, 6) is 0.0000751. The van der Waals surface area contributed by atoms with Gasteiger partial charge in [0.05, 0.1) is 17.9 Å². The summed E-state index contributed by atoms with van der Waals surface area (Å²) in [6, 6.07) is 13.7. The lowest BCUT2D eigenvalue weighted by molar-refractivity contribution is -0.121. The summed E-state index contributed by atoms with van der Waals surface area (Å²) in [4.78, 5) is 16.9. The highest BCUT2D eigenvalue weighted by atomic mass is 16.1. The standard InChI is InChI=1S/C20H22N4O/c1-15-6-9-17(10-7-15)20(18-5-3-4-12-21-18)23-19(25)11-8-16-13-22-24(2)14-16/h3-7,9-10,12-14,20H,8,11H2,1-2H3,(H,23,25)/t20-/m1/s1. The number of carbonyl (C=O) groups excluding carboxylic acids is 1. The number of benzene rings is 1. The second kappa shape index (κ2) is 7.75. The predicted octanol–water partition coefficient (Wildman–Crippen LogP) is 2.96. The molecule has 3 rings (SSSR count). The second-order valence-electron chi connectivity index (χ2n) is 6.19. The van der Waals surface area contributed by atoms with Crippen LogP contribution in [0, 0.1) is 6.92 Å². The minimum atomic E-state index is -0.247. The van der Waals surface area contributed by atoms with Crippen molar-refractivity contribution in [1.29, 1.82) is 0 Å². The van der Waals surface area contributed by atoms with Crippen LogP contribution in [0.5, 0.6) is 0 Å². The molecule has 0 saturated heterocycles. The van der Waals surface area contributed by atoms with Crippen LogP contribution in [0.15, 0.2) is 61.1 Å². The summed E-state index contributed by atoms with van der Waals surface area (Å²) in [5, 5.41) is 7.25. The van der Waals surface area contributed by atoms with Crippen molar-refractivity contribution in [3.63, 3.8) is 0 Å². The topological polar surface area (TPSA) is 59.8 Å². The van der Waals surface area contributed by atoms with E-state index in [1.807, 2.05) is 62.6 Å². The first-order valence-corrected chi connectivity index (χ1v) is 8.36. The van der Waals surface area contributed by atoms with Crippen molar-refractivity contribution in [3.8, 4) is 0 Å². The highest BCUT2D eigenvalue weighted by molar-refractivity contribution is 5.77. The minimum Gasteiger partial charge on any atom is -0.344 e. The lowest BCUT2D eigenvalue weighted by atomic mass is 10.0. The number of hydrogen-bond acceptors (Lipinski definition) is 3. The molecule has 5 heteroatoms. The third kappa shape index (κ3) is 4.53. The van der Waals surface area contributed by atoms with Gasteiger partial charge in [0.1, 0.15) is 0 Å². The summed E-state index contributed by atoms with van der Waals surface area (Å²) in [5.41, 5.74) is 4.11. The van der Waals surface area contributed by atoms with Crippen LogP contribution in [0.3, 0.4) is 0 Å². The maximum Gasteiger partial charge on any atom is 0.221 e. The van der Waals surface area contributed by atoms with Crippen molar-refractivity contribution >= 4 is 5.91 Å². The fraction of sp³-hybridized carbons (Fsp3) is 0.250. The number of hydrogen-bond donors (Lipinski definition) is 1. The van der Waals surface area contributed by atoms with Gasteiger partial charge in [-0.15, -0.1) is 0 Å². The molecular weight excluding hydrogens is 312 g/mol. The zero-order valence-electron chi connectivity index (χ0n) is 14.5. The molecule has 1 aromatic carbocycles. The molecule has 0 radical (unpaired) electrons. The molecule has 1 N–H and O–H groups in total. The molecule has 5 nitrogen and oxygen atoms in total. The van der Waals surface area contributed by atoms with Crippen molar-refractivity contribution in [2.45, 2.75) is 25.8 Å². The Balaban J connectivity index is 1.73. The van der Waals surface area contributed by atoms with Gasteiger partial charge in [-0.05, 0) is 36.6 Å². The van der Waals surface area contributed by atoms with E-state index in [4.69, 9.17) is 0 Å². The summed E-state index contributed by atoms with van der Waals surface area (Å²) in [7, 11) is 1.87. The molecule has 25 heavy (non-hydrogen) atoms. The van der Waals surface area contributed by atoms with Crippen molar-refractivity contribution in [2.24, 2.45) is 7.05 Å². The average Bonchev–Trinajstić information content (AvgIpc) is 3.05. The SMILES string of the molecule is Cc1ccc([C@@H](NC(=O)CCc2cnn(C)c2)c2ccccn2)cc1. The number of amides is 1. The second-order valence-corrected chi connectivity index (χ2v) is 6.19. The van der Waals surface area contributed by atoms with E-state index in [9.17, 15) is 4.79 Å². The predicted molar refractivity (Wildman–Crippen MR) is 96.9 cm³/mol. The molecule has 0 aliphatic heterocycles. The highest BCUT2D eigenvalue weighted by Crippen LogP contribution is 2.21. The van der Waals surface area contributed by atoms with Crippen molar-refractivity contribution in [1.82, 2.24) is 20.1 Å². The summed E-state index contributed by atoms with van der Waals surface area (Å²) < 4.78 is 1.75. The third-order valence-corrected chi connectivity index (χ3v) is 4.10. The number of carbonyl (C=O) groups is 1. The van der Waals surface area contributed by atoms with Crippen LogP contribution in [0.1, 0.15) is 34.8 Å². The Labute approximate surface area is 147 Å². The van der Waals surface area contributed by atoms with E-state index in [2.05, 4.69) is 15.4 Å². The molecule has 1 atom stereocenters. The van der Waals surface area contributed by atoms with Gasteiger partial charge >= 0.3 is 0 Å². The lowest BCUT2D eigenvalue weighted by Gasteiger charge is -2.19. The summed E-state index contributed by atoms with van der Waals surface area (Å²) >= 11 is 0. The first-order valence-electron chi connectivity index (χ1n) is 8.36. The molecule has 0 bridgehead atoms. The van der Waals surface area contributed by atoms with E-state index in [0.717, 1.165) is 16.8 Å². The van der Waals surface area contributed by atoms with Crippen LogP contribution >= 0.6 is 0 Å². The van der Waals surface area contributed by atoms with E-state index < -0.39 is 0 Å². The Morgan fingerprint density at radius 2 is 2.00 bits per heavy atom. The van der Waals surface area contributed by atoms with Gasteiger partial charge in [0.2, 0.25) is 5.91 Å². The molecule has 1 amide bonds. The lowest BCUT2D eigenvalue weighted by Crippen LogP contribution is -2.30. The molecule has 0 aliphatic rings. The van der Waals surface area contributed by atoms with Crippen LogP contribution in [-0.4, -0.2) is 20.7 Å². The molecule has 0 spiro atoms. The average molecular weight is 334 g/mol. The largest absolute Gasteiger partial charge is 0.344 e. The molecule has 2 aromatic heterocycles. The maximum atomic E-state index is 12.5. The van der Waals surface area contributed by atoms with E-state index in [0.29, 0.717) is 12.8 Å². The Hall–Kier alpha value is -2.95. The maximum absolute atomic E-state index is 12.5. The van der Waals surface area contributed by atoms with Gasteiger partial charge in [0.15, 0.2) is 0 Å². The Morgan fingerprint density at radius 1 is 1.20 bits per heavy atom. The number of rotatable bonds is 6. The van der Waals surface area contributed by atoms with Gasteiger partial charge in [-0.3, -0.25) is 14.5 Å². The molecule has 0 aliphatic carbocycles. The Kier molecular flexibility index (Phi) is 5.23. The third-order valence-electron chi connectivity index (χ3n) is 4.10. The smallest absolute Gasteiger partial charge is 0.221 e. The highest BCUT2D eigenvalue weighted by Gasteiger charge is 2.18. The quantitative estimate of drug-likeness (QED) is 0.754. The summed E-state index contributed by atoms with van der Waals surface area (Å²) in [6.45, 7) is 2.05. The van der Waals surface area contributed by atoms with Crippen LogP contribution in [-0.2, 0) is 18.3 Å². The molecule has 0 saturated carbocycles. The molecule has 3 aromatic rings. The molecule has 0 unspecified atom stereocenters. The van der Waals surface area contributed by atoms with E-state index in [1.165, 1.54) is 5.56 Å². The number of nitrogens with zero attached hydrogens (tertiary/aromatic N) is 3. The fourth-order valence-corrected chi connectivity index (χ4v) is 2.73. The monoisotopic (exact) mass is 334 g/mol. The van der Waals surface area contributed by atoms with E-state index in [-0.39, 0.29) is 11.9 Å².